The number of aromatic hydroxyl groups is 1. The number of nitrogens with zero attached hydrogens (tertiary/aromatic N) is 2. The van der Waals surface area contributed by atoms with Gasteiger partial charge < -0.3 is 15.7 Å². The number of phenolic OH excluding ortho intramolecular Hbond substituents is 1. The topological polar surface area (TPSA) is 69.8 Å². The molecule has 2 aliphatic rings. The first kappa shape index (κ1) is 15.3. The van der Waals surface area contributed by atoms with E-state index in [0.717, 1.165) is 37.3 Å². The van der Waals surface area contributed by atoms with Crippen molar-refractivity contribution in [2.45, 2.75) is 38.3 Å². The van der Waals surface area contributed by atoms with Crippen molar-refractivity contribution < 1.29 is 9.90 Å². The number of amides is 1. The van der Waals surface area contributed by atoms with Crippen LogP contribution in [0, 0.1) is 0 Å². The van der Waals surface area contributed by atoms with Crippen molar-refractivity contribution in [3.8, 4) is 5.75 Å². The summed E-state index contributed by atoms with van der Waals surface area (Å²) in [6.45, 7) is 4.84. The largest absolute Gasteiger partial charge is 0.508 e. The zero-order chi connectivity index (χ0) is 15.5. The second-order valence-electron chi connectivity index (χ2n) is 6.45. The van der Waals surface area contributed by atoms with E-state index in [1.54, 1.807) is 12.1 Å². The van der Waals surface area contributed by atoms with Crippen LogP contribution in [0.15, 0.2) is 18.2 Å². The van der Waals surface area contributed by atoms with Crippen LogP contribution in [0.3, 0.4) is 0 Å². The van der Waals surface area contributed by atoms with Crippen molar-refractivity contribution in [1.29, 1.82) is 0 Å². The third-order valence-electron chi connectivity index (χ3n) is 4.90. The molecule has 3 N–H and O–H groups in total. The van der Waals surface area contributed by atoms with Gasteiger partial charge in [-0.1, -0.05) is 12.5 Å². The number of hydrogen-bond acceptors (Lipinski definition) is 4. The van der Waals surface area contributed by atoms with E-state index < -0.39 is 0 Å². The first-order valence-corrected chi connectivity index (χ1v) is 8.20. The maximum Gasteiger partial charge on any atom is 0.235 e. The molecule has 5 heteroatoms. The summed E-state index contributed by atoms with van der Waals surface area (Å²) in [7, 11) is 0. The molecule has 0 saturated carbocycles. The Bertz CT molecular complexity index is 541. The van der Waals surface area contributed by atoms with Crippen molar-refractivity contribution in [3.63, 3.8) is 0 Å². The van der Waals surface area contributed by atoms with Crippen LogP contribution in [0.4, 0.5) is 0 Å². The Labute approximate surface area is 131 Å². The third-order valence-corrected chi connectivity index (χ3v) is 4.90. The molecule has 2 aliphatic heterocycles. The maximum absolute atomic E-state index is 11.8. The molecule has 0 unspecified atom stereocenters. The van der Waals surface area contributed by atoms with Gasteiger partial charge in [-0.3, -0.25) is 9.69 Å². The minimum Gasteiger partial charge on any atom is -0.508 e. The van der Waals surface area contributed by atoms with Crippen molar-refractivity contribution in [3.05, 3.63) is 29.3 Å². The molecule has 1 aromatic carbocycles. The van der Waals surface area contributed by atoms with Crippen LogP contribution in [-0.2, 0) is 17.8 Å². The molecule has 0 spiro atoms. The summed E-state index contributed by atoms with van der Waals surface area (Å²) in [6.07, 6.45) is 4.52. The number of carbonyl (C=O) groups is 1. The highest BCUT2D eigenvalue weighted by Crippen LogP contribution is 2.26. The van der Waals surface area contributed by atoms with E-state index in [2.05, 4.69) is 9.80 Å². The van der Waals surface area contributed by atoms with Crippen LogP contribution in [0.5, 0.6) is 5.75 Å². The van der Waals surface area contributed by atoms with E-state index in [9.17, 15) is 9.90 Å². The summed E-state index contributed by atoms with van der Waals surface area (Å²) in [4.78, 5) is 16.4. The van der Waals surface area contributed by atoms with Crippen LogP contribution in [-0.4, -0.2) is 53.0 Å². The Kier molecular flexibility index (Phi) is 4.64. The predicted octanol–water partition coefficient (Wildman–Crippen LogP) is 1.09. The highest BCUT2D eigenvalue weighted by atomic mass is 16.3. The van der Waals surface area contributed by atoms with Gasteiger partial charge >= 0.3 is 0 Å². The highest BCUT2D eigenvalue weighted by molar-refractivity contribution is 5.80. The normalized spacial score (nSPS) is 23.2. The molecule has 1 saturated heterocycles. The van der Waals surface area contributed by atoms with Gasteiger partial charge in [-0.2, -0.15) is 0 Å². The van der Waals surface area contributed by atoms with Crippen LogP contribution < -0.4 is 5.73 Å². The van der Waals surface area contributed by atoms with E-state index in [4.69, 9.17) is 5.73 Å². The SMILES string of the molecule is NC(=O)[C@H]1Cc2ccc(O)cc2CN1CCN1CCCCC1. The average molecular weight is 303 g/mol. The minimum absolute atomic E-state index is 0.234. The number of primary amides is 1. The molecule has 0 bridgehead atoms. The lowest BCUT2D eigenvalue weighted by molar-refractivity contribution is -0.123. The van der Waals surface area contributed by atoms with Crippen LogP contribution in [0.25, 0.3) is 0 Å². The molecule has 22 heavy (non-hydrogen) atoms. The molecular weight excluding hydrogens is 278 g/mol. The summed E-state index contributed by atoms with van der Waals surface area (Å²) in [5.41, 5.74) is 7.84. The molecule has 1 fully saturated rings. The Morgan fingerprint density at radius 3 is 2.68 bits per heavy atom. The van der Waals surface area contributed by atoms with E-state index in [1.165, 1.54) is 19.3 Å². The summed E-state index contributed by atoms with van der Waals surface area (Å²) in [5.74, 6) is 0.0321. The average Bonchev–Trinajstić information content (AvgIpc) is 2.52. The second kappa shape index (κ2) is 6.67. The van der Waals surface area contributed by atoms with E-state index in [0.29, 0.717) is 13.0 Å². The molecule has 1 aromatic rings. The fourth-order valence-corrected chi connectivity index (χ4v) is 3.59. The van der Waals surface area contributed by atoms with Crippen molar-refractivity contribution >= 4 is 5.91 Å². The zero-order valence-corrected chi connectivity index (χ0v) is 13.0. The first-order chi connectivity index (χ1) is 10.6. The lowest BCUT2D eigenvalue weighted by atomic mass is 9.93. The monoisotopic (exact) mass is 303 g/mol. The molecule has 0 radical (unpaired) electrons. The summed E-state index contributed by atoms with van der Waals surface area (Å²) in [6, 6.07) is 5.16. The van der Waals surface area contributed by atoms with Gasteiger partial charge in [-0.15, -0.1) is 0 Å². The fourth-order valence-electron chi connectivity index (χ4n) is 3.59. The molecule has 0 aliphatic carbocycles. The fraction of sp³-hybridized carbons (Fsp3) is 0.588. The van der Waals surface area contributed by atoms with Crippen molar-refractivity contribution in [2.24, 2.45) is 5.73 Å². The van der Waals surface area contributed by atoms with Gasteiger partial charge in [0.2, 0.25) is 5.91 Å². The van der Waals surface area contributed by atoms with E-state index >= 15 is 0 Å². The lowest BCUT2D eigenvalue weighted by Crippen LogP contribution is -2.51. The molecule has 3 rings (SSSR count). The van der Waals surface area contributed by atoms with Gasteiger partial charge in [0, 0.05) is 19.6 Å². The Morgan fingerprint density at radius 1 is 1.18 bits per heavy atom. The molecule has 120 valence electrons. The van der Waals surface area contributed by atoms with Gasteiger partial charge in [0.05, 0.1) is 6.04 Å². The number of rotatable bonds is 4. The number of carbonyl (C=O) groups excluding carboxylic acids is 1. The Balaban J connectivity index is 1.69. The van der Waals surface area contributed by atoms with Gasteiger partial charge in [0.25, 0.3) is 0 Å². The molecule has 1 amide bonds. The summed E-state index contributed by atoms with van der Waals surface area (Å²) in [5, 5.41) is 9.66. The number of likely N-dealkylation sites (tertiary alicyclic amines) is 1. The van der Waals surface area contributed by atoms with Gasteiger partial charge in [-0.05, 0) is 55.6 Å². The molecule has 0 aromatic heterocycles. The molecule has 5 nitrogen and oxygen atoms in total. The molecule has 2 heterocycles. The van der Waals surface area contributed by atoms with Crippen LogP contribution >= 0.6 is 0 Å². The van der Waals surface area contributed by atoms with Crippen molar-refractivity contribution in [2.75, 3.05) is 26.2 Å². The number of hydrogen-bond donors (Lipinski definition) is 2. The molecular formula is C17H25N3O2. The summed E-state index contributed by atoms with van der Waals surface area (Å²) < 4.78 is 0. The Morgan fingerprint density at radius 2 is 1.95 bits per heavy atom. The van der Waals surface area contributed by atoms with Crippen LogP contribution in [0.1, 0.15) is 30.4 Å². The standard InChI is InChI=1S/C17H25N3O2/c18-17(22)16-11-13-4-5-15(21)10-14(13)12-20(16)9-8-19-6-2-1-3-7-19/h4-5,10,16,21H,1-3,6-9,11-12H2,(H2,18,22)/t16-/m1/s1. The second-order valence-corrected chi connectivity index (χ2v) is 6.45. The Hall–Kier alpha value is -1.59. The van der Waals surface area contributed by atoms with E-state index in [1.807, 2.05) is 6.07 Å². The lowest BCUT2D eigenvalue weighted by Gasteiger charge is -2.37. The van der Waals surface area contributed by atoms with Crippen LogP contribution in [0.2, 0.25) is 0 Å². The number of piperidine rings is 1. The summed E-state index contributed by atoms with van der Waals surface area (Å²) >= 11 is 0. The highest BCUT2D eigenvalue weighted by Gasteiger charge is 2.30. The number of fused-ring (bicyclic) bond motifs is 1. The predicted molar refractivity (Wildman–Crippen MR) is 85.5 cm³/mol. The van der Waals surface area contributed by atoms with Gasteiger partial charge in [-0.25, -0.2) is 0 Å². The third kappa shape index (κ3) is 3.42. The minimum atomic E-state index is -0.252. The van der Waals surface area contributed by atoms with Gasteiger partial charge in [0.1, 0.15) is 5.75 Å². The van der Waals surface area contributed by atoms with E-state index in [-0.39, 0.29) is 17.7 Å². The number of phenols is 1. The number of benzene rings is 1. The first-order valence-electron chi connectivity index (χ1n) is 8.20. The maximum atomic E-state index is 11.8. The quantitative estimate of drug-likeness (QED) is 0.873. The number of nitrogens with two attached hydrogens (primary N) is 1. The van der Waals surface area contributed by atoms with Crippen molar-refractivity contribution in [1.82, 2.24) is 9.80 Å². The van der Waals surface area contributed by atoms with Gasteiger partial charge in [0.15, 0.2) is 0 Å². The zero-order valence-electron chi connectivity index (χ0n) is 13.0. The smallest absolute Gasteiger partial charge is 0.235 e. The molecule has 1 atom stereocenters.